The fourth-order valence-corrected chi connectivity index (χ4v) is 0.988. The molecular formula is C9H15N3. The van der Waals surface area contributed by atoms with Crippen molar-refractivity contribution in [1.82, 2.24) is 4.90 Å². The molecule has 0 aliphatic carbocycles. The van der Waals surface area contributed by atoms with Gasteiger partial charge in [-0.15, -0.1) is 0 Å². The lowest BCUT2D eigenvalue weighted by atomic mass is 10.2. The summed E-state index contributed by atoms with van der Waals surface area (Å²) in [4.78, 5) is 2.08. The Balaban J connectivity index is 3.34. The molecule has 0 aliphatic rings. The summed E-state index contributed by atoms with van der Waals surface area (Å²) in [5.74, 6) is 0. The fourth-order valence-electron chi connectivity index (χ4n) is 0.988. The van der Waals surface area contributed by atoms with Crippen molar-refractivity contribution in [3.63, 3.8) is 0 Å². The van der Waals surface area contributed by atoms with Crippen LogP contribution in [0.3, 0.4) is 0 Å². The average molecular weight is 165 g/mol. The van der Waals surface area contributed by atoms with Crippen LogP contribution in [-0.2, 0) is 0 Å². The normalized spacial score (nSPS) is 9.33. The molecule has 0 aliphatic heterocycles. The van der Waals surface area contributed by atoms with E-state index in [9.17, 15) is 0 Å². The van der Waals surface area contributed by atoms with Gasteiger partial charge in [0.2, 0.25) is 0 Å². The summed E-state index contributed by atoms with van der Waals surface area (Å²) in [5, 5.41) is 16.7. The second-order valence-electron chi connectivity index (χ2n) is 2.64. The molecule has 0 N–H and O–H groups in total. The smallest absolute Gasteiger partial charge is 0.0865 e. The van der Waals surface area contributed by atoms with Crippen LogP contribution >= 0.6 is 0 Å². The molecule has 0 amide bonds. The minimum Gasteiger partial charge on any atom is -0.291 e. The molecule has 0 atom stereocenters. The van der Waals surface area contributed by atoms with Gasteiger partial charge < -0.3 is 0 Å². The molecule has 0 fully saturated rings. The third-order valence-electron chi connectivity index (χ3n) is 1.75. The number of hydrogen-bond acceptors (Lipinski definition) is 3. The van der Waals surface area contributed by atoms with Crippen molar-refractivity contribution < 1.29 is 0 Å². The van der Waals surface area contributed by atoms with Gasteiger partial charge in [0.25, 0.3) is 0 Å². The maximum atomic E-state index is 8.43. The molecule has 0 aromatic heterocycles. The van der Waals surface area contributed by atoms with Gasteiger partial charge in [-0.3, -0.25) is 4.90 Å². The summed E-state index contributed by atoms with van der Waals surface area (Å²) in [5.41, 5.74) is 0. The van der Waals surface area contributed by atoms with E-state index in [2.05, 4.69) is 17.0 Å². The molecule has 0 unspecified atom stereocenters. The van der Waals surface area contributed by atoms with Crippen molar-refractivity contribution in [1.29, 1.82) is 10.5 Å². The molecule has 0 heterocycles. The van der Waals surface area contributed by atoms with E-state index in [0.717, 1.165) is 25.9 Å². The summed E-state index contributed by atoms with van der Waals surface area (Å²) >= 11 is 0. The summed E-state index contributed by atoms with van der Waals surface area (Å²) in [7, 11) is 0. The van der Waals surface area contributed by atoms with Gasteiger partial charge in [0, 0.05) is 6.42 Å². The Morgan fingerprint density at radius 2 is 1.92 bits per heavy atom. The first kappa shape index (κ1) is 10.9. The highest BCUT2D eigenvalue weighted by atomic mass is 15.1. The first-order chi connectivity index (χ1) is 5.85. The lowest BCUT2D eigenvalue weighted by Crippen LogP contribution is -2.24. The van der Waals surface area contributed by atoms with Crippen molar-refractivity contribution in [2.24, 2.45) is 0 Å². The molecule has 0 aromatic rings. The number of nitriles is 2. The van der Waals surface area contributed by atoms with Crippen LogP contribution in [0.25, 0.3) is 0 Å². The summed E-state index contributed by atoms with van der Waals surface area (Å²) in [6.45, 7) is 4.40. The van der Waals surface area contributed by atoms with Gasteiger partial charge in [-0.05, 0) is 25.9 Å². The molecule has 12 heavy (non-hydrogen) atoms. The molecule has 3 heteroatoms. The zero-order valence-corrected chi connectivity index (χ0v) is 7.58. The highest BCUT2D eigenvalue weighted by Crippen LogP contribution is 1.97. The molecule has 0 aromatic carbocycles. The maximum Gasteiger partial charge on any atom is 0.0865 e. The molecule has 0 bridgehead atoms. The molecular weight excluding hydrogens is 150 g/mol. The lowest BCUT2D eigenvalue weighted by molar-refractivity contribution is 0.315. The van der Waals surface area contributed by atoms with Crippen LogP contribution in [0, 0.1) is 22.7 Å². The molecule has 0 rings (SSSR count). The first-order valence-corrected chi connectivity index (χ1v) is 4.31. The Labute approximate surface area is 74.2 Å². The third-order valence-corrected chi connectivity index (χ3v) is 1.75. The van der Waals surface area contributed by atoms with Gasteiger partial charge in [0.05, 0.1) is 18.7 Å². The molecule has 66 valence electrons. The summed E-state index contributed by atoms with van der Waals surface area (Å²) in [6.07, 6.45) is 2.59. The number of unbranched alkanes of at least 4 members (excludes halogenated alkanes) is 2. The highest BCUT2D eigenvalue weighted by molar-refractivity contribution is 4.76. The minimum atomic E-state index is 0.503. The molecule has 0 spiro atoms. The monoisotopic (exact) mass is 165 g/mol. The molecule has 0 saturated heterocycles. The zero-order valence-electron chi connectivity index (χ0n) is 7.58. The van der Waals surface area contributed by atoms with E-state index in [1.54, 1.807) is 0 Å². The Kier molecular flexibility index (Phi) is 7.33. The van der Waals surface area contributed by atoms with Gasteiger partial charge in [-0.2, -0.15) is 10.5 Å². The van der Waals surface area contributed by atoms with E-state index in [4.69, 9.17) is 10.5 Å². The summed E-state index contributed by atoms with van der Waals surface area (Å²) in [6, 6.07) is 4.23. The predicted molar refractivity (Wildman–Crippen MR) is 47.2 cm³/mol. The lowest BCUT2D eigenvalue weighted by Gasteiger charge is -2.15. The van der Waals surface area contributed by atoms with Crippen LogP contribution in [-0.4, -0.2) is 24.5 Å². The SMILES string of the molecule is CCN(CC#N)CCCCC#N. The Morgan fingerprint density at radius 1 is 1.17 bits per heavy atom. The first-order valence-electron chi connectivity index (χ1n) is 4.31. The van der Waals surface area contributed by atoms with E-state index >= 15 is 0 Å². The minimum absolute atomic E-state index is 0.503. The van der Waals surface area contributed by atoms with Gasteiger partial charge in [0.1, 0.15) is 0 Å². The Bertz CT molecular complexity index is 175. The second kappa shape index (κ2) is 8.04. The van der Waals surface area contributed by atoms with Crippen LogP contribution in [0.2, 0.25) is 0 Å². The van der Waals surface area contributed by atoms with Crippen LogP contribution in [0.4, 0.5) is 0 Å². The van der Waals surface area contributed by atoms with Gasteiger partial charge in [-0.1, -0.05) is 6.92 Å². The van der Waals surface area contributed by atoms with Crippen molar-refractivity contribution in [2.45, 2.75) is 26.2 Å². The number of rotatable bonds is 6. The highest BCUT2D eigenvalue weighted by Gasteiger charge is 1.99. The van der Waals surface area contributed by atoms with E-state index in [0.29, 0.717) is 13.0 Å². The standard InChI is InChI=1S/C9H15N3/c1-2-12(9-7-11)8-5-3-4-6-10/h2-5,8-9H2,1H3. The van der Waals surface area contributed by atoms with E-state index < -0.39 is 0 Å². The predicted octanol–water partition coefficient (Wildman–Crippen LogP) is 1.53. The average Bonchev–Trinajstić information content (AvgIpc) is 2.10. The van der Waals surface area contributed by atoms with Crippen molar-refractivity contribution >= 4 is 0 Å². The van der Waals surface area contributed by atoms with E-state index in [1.807, 2.05) is 6.92 Å². The van der Waals surface area contributed by atoms with Crippen LogP contribution in [0.1, 0.15) is 26.2 Å². The third kappa shape index (κ3) is 5.70. The fraction of sp³-hybridized carbons (Fsp3) is 0.778. The van der Waals surface area contributed by atoms with Crippen molar-refractivity contribution in [3.05, 3.63) is 0 Å². The van der Waals surface area contributed by atoms with Crippen LogP contribution in [0.5, 0.6) is 0 Å². The number of nitrogens with zero attached hydrogens (tertiary/aromatic N) is 3. The number of hydrogen-bond donors (Lipinski definition) is 0. The Hall–Kier alpha value is -1.06. The quantitative estimate of drug-likeness (QED) is 0.443. The van der Waals surface area contributed by atoms with Crippen LogP contribution < -0.4 is 0 Å². The van der Waals surface area contributed by atoms with Crippen LogP contribution in [0.15, 0.2) is 0 Å². The maximum absolute atomic E-state index is 8.43. The second-order valence-corrected chi connectivity index (χ2v) is 2.64. The topological polar surface area (TPSA) is 50.8 Å². The Morgan fingerprint density at radius 3 is 2.42 bits per heavy atom. The van der Waals surface area contributed by atoms with Crippen molar-refractivity contribution in [3.8, 4) is 12.1 Å². The molecule has 0 radical (unpaired) electrons. The van der Waals surface area contributed by atoms with Gasteiger partial charge in [-0.25, -0.2) is 0 Å². The van der Waals surface area contributed by atoms with Gasteiger partial charge >= 0.3 is 0 Å². The van der Waals surface area contributed by atoms with Crippen molar-refractivity contribution in [2.75, 3.05) is 19.6 Å². The largest absolute Gasteiger partial charge is 0.291 e. The van der Waals surface area contributed by atoms with Gasteiger partial charge in [0.15, 0.2) is 0 Å². The molecule has 0 saturated carbocycles. The summed E-state index contributed by atoms with van der Waals surface area (Å²) < 4.78 is 0. The zero-order chi connectivity index (χ0) is 9.23. The van der Waals surface area contributed by atoms with E-state index in [-0.39, 0.29) is 0 Å². The molecule has 3 nitrogen and oxygen atoms in total. The van der Waals surface area contributed by atoms with E-state index in [1.165, 1.54) is 0 Å².